The molecule has 1 aliphatic heterocycles. The summed E-state index contributed by atoms with van der Waals surface area (Å²) in [6.07, 6.45) is 8.45. The number of likely N-dealkylation sites (tertiary alicyclic amines) is 1. The number of H-pyrrole nitrogens is 1. The van der Waals surface area contributed by atoms with Crippen molar-refractivity contribution in [1.29, 1.82) is 0 Å². The van der Waals surface area contributed by atoms with Crippen LogP contribution in [-0.4, -0.2) is 53.4 Å². The number of ether oxygens (including phenoxy) is 1. The third-order valence-corrected chi connectivity index (χ3v) is 6.76. The summed E-state index contributed by atoms with van der Waals surface area (Å²) in [6, 6.07) is 0.306. The summed E-state index contributed by atoms with van der Waals surface area (Å²) in [5.41, 5.74) is 3.23. The van der Waals surface area contributed by atoms with Crippen LogP contribution in [0, 0.1) is 19.8 Å². The van der Waals surface area contributed by atoms with Crippen molar-refractivity contribution in [3.8, 4) is 0 Å². The van der Waals surface area contributed by atoms with E-state index in [0.29, 0.717) is 44.3 Å². The smallest absolute Gasteiger partial charge is 0.355 e. The first-order valence-corrected chi connectivity index (χ1v) is 11.8. The fraction of sp³-hybridized carbons (Fsp3) is 0.708. The normalized spacial score (nSPS) is 19.8. The molecule has 0 radical (unpaired) electrons. The highest BCUT2D eigenvalue weighted by Gasteiger charge is 2.30. The van der Waals surface area contributed by atoms with Crippen LogP contribution in [0.25, 0.3) is 0 Å². The minimum absolute atomic E-state index is 0.0767. The number of hydrogen-bond donors (Lipinski definition) is 2. The average Bonchev–Trinajstić information content (AvgIpc) is 3.06. The molecule has 0 unspecified atom stereocenters. The van der Waals surface area contributed by atoms with Gasteiger partial charge < -0.3 is 19.9 Å². The van der Waals surface area contributed by atoms with Gasteiger partial charge in [0.1, 0.15) is 5.69 Å². The summed E-state index contributed by atoms with van der Waals surface area (Å²) in [5, 5.41) is 3.22. The van der Waals surface area contributed by atoms with Crippen molar-refractivity contribution in [1.82, 2.24) is 15.2 Å². The van der Waals surface area contributed by atoms with Gasteiger partial charge >= 0.3 is 5.97 Å². The van der Waals surface area contributed by atoms with Gasteiger partial charge in [0.25, 0.3) is 0 Å². The number of aryl methyl sites for hydroxylation is 1. The Hall–Kier alpha value is -2.31. The van der Waals surface area contributed by atoms with E-state index < -0.39 is 0 Å². The predicted octanol–water partition coefficient (Wildman–Crippen LogP) is 3.43. The van der Waals surface area contributed by atoms with Crippen molar-refractivity contribution < 1.29 is 19.1 Å². The molecule has 0 aromatic carbocycles. The first-order valence-electron chi connectivity index (χ1n) is 11.8. The van der Waals surface area contributed by atoms with Gasteiger partial charge in [-0.05, 0) is 64.0 Å². The maximum Gasteiger partial charge on any atom is 0.355 e. The summed E-state index contributed by atoms with van der Waals surface area (Å²) in [4.78, 5) is 42.7. The number of carbonyl (C=O) groups is 3. The summed E-state index contributed by atoms with van der Waals surface area (Å²) in [6.45, 7) is 7.14. The van der Waals surface area contributed by atoms with Crippen molar-refractivity contribution in [3.05, 3.63) is 22.5 Å². The Morgan fingerprint density at radius 3 is 2.55 bits per heavy atom. The molecule has 3 rings (SSSR count). The zero-order valence-corrected chi connectivity index (χ0v) is 19.2. The lowest BCUT2D eigenvalue weighted by Gasteiger charge is -2.33. The Kier molecular flexibility index (Phi) is 8.15. The second-order valence-corrected chi connectivity index (χ2v) is 8.97. The van der Waals surface area contributed by atoms with E-state index in [0.717, 1.165) is 42.5 Å². The highest BCUT2D eigenvalue weighted by atomic mass is 16.5. The van der Waals surface area contributed by atoms with Gasteiger partial charge in [0, 0.05) is 31.2 Å². The number of amides is 2. The zero-order valence-electron chi connectivity index (χ0n) is 19.2. The molecular formula is C24H37N3O4. The van der Waals surface area contributed by atoms with Crippen LogP contribution >= 0.6 is 0 Å². The Balaban J connectivity index is 1.53. The summed E-state index contributed by atoms with van der Waals surface area (Å²) in [5.74, 6) is -0.275. The molecule has 1 aromatic rings. The van der Waals surface area contributed by atoms with Crippen molar-refractivity contribution in [3.63, 3.8) is 0 Å². The van der Waals surface area contributed by atoms with Crippen LogP contribution in [0.4, 0.5) is 0 Å². The molecule has 7 nitrogen and oxygen atoms in total. The number of esters is 1. The van der Waals surface area contributed by atoms with Gasteiger partial charge in [-0.3, -0.25) is 9.59 Å². The minimum atomic E-state index is -0.358. The summed E-state index contributed by atoms with van der Waals surface area (Å²) in [7, 11) is 0. The van der Waals surface area contributed by atoms with Crippen molar-refractivity contribution in [2.45, 2.75) is 84.6 Å². The zero-order chi connectivity index (χ0) is 22.4. The first-order chi connectivity index (χ1) is 14.9. The lowest BCUT2D eigenvalue weighted by Crippen LogP contribution is -2.48. The van der Waals surface area contributed by atoms with E-state index in [4.69, 9.17) is 4.74 Å². The van der Waals surface area contributed by atoms with Crippen LogP contribution in [-0.2, 0) is 20.7 Å². The topological polar surface area (TPSA) is 91.5 Å². The fourth-order valence-corrected chi connectivity index (χ4v) is 4.94. The van der Waals surface area contributed by atoms with Crippen LogP contribution < -0.4 is 5.32 Å². The van der Waals surface area contributed by atoms with E-state index >= 15 is 0 Å². The van der Waals surface area contributed by atoms with Gasteiger partial charge in [0.2, 0.25) is 11.8 Å². The number of carbonyl (C=O) groups excluding carboxylic acids is 3. The molecule has 1 saturated heterocycles. The van der Waals surface area contributed by atoms with Gasteiger partial charge in [-0.15, -0.1) is 0 Å². The molecular weight excluding hydrogens is 394 g/mol. The Bertz CT molecular complexity index is 795. The molecule has 2 N–H and O–H groups in total. The Morgan fingerprint density at radius 2 is 1.84 bits per heavy atom. The molecule has 2 aliphatic rings. The lowest BCUT2D eigenvalue weighted by atomic mass is 9.92. The Morgan fingerprint density at radius 1 is 1.10 bits per heavy atom. The lowest BCUT2D eigenvalue weighted by molar-refractivity contribution is -0.136. The molecule has 31 heavy (non-hydrogen) atoms. The molecule has 1 atom stereocenters. The highest BCUT2D eigenvalue weighted by Crippen LogP contribution is 2.23. The van der Waals surface area contributed by atoms with E-state index in [-0.39, 0.29) is 23.7 Å². The molecule has 1 aromatic heterocycles. The van der Waals surface area contributed by atoms with Crippen LogP contribution in [0.2, 0.25) is 0 Å². The Labute approximate surface area is 185 Å². The SMILES string of the molecule is CCOC(=O)c1[nH]c(C)c(CCC(=O)N2CCC[C@H](C(=O)NC3CCCCC3)C2)c1C. The number of nitrogens with zero attached hydrogens (tertiary/aromatic N) is 1. The second-order valence-electron chi connectivity index (χ2n) is 8.97. The van der Waals surface area contributed by atoms with Crippen molar-refractivity contribution in [2.24, 2.45) is 5.92 Å². The van der Waals surface area contributed by atoms with Crippen molar-refractivity contribution >= 4 is 17.8 Å². The van der Waals surface area contributed by atoms with Gasteiger partial charge in [-0.2, -0.15) is 0 Å². The third-order valence-electron chi connectivity index (χ3n) is 6.76. The van der Waals surface area contributed by atoms with E-state index in [1.807, 2.05) is 18.7 Å². The van der Waals surface area contributed by atoms with E-state index in [9.17, 15) is 14.4 Å². The van der Waals surface area contributed by atoms with Gasteiger partial charge in [-0.1, -0.05) is 19.3 Å². The minimum Gasteiger partial charge on any atom is -0.461 e. The largest absolute Gasteiger partial charge is 0.461 e. The van der Waals surface area contributed by atoms with E-state index in [1.165, 1.54) is 19.3 Å². The fourth-order valence-electron chi connectivity index (χ4n) is 4.94. The van der Waals surface area contributed by atoms with Crippen LogP contribution in [0.5, 0.6) is 0 Å². The molecule has 7 heteroatoms. The number of aromatic nitrogens is 1. The number of hydrogen-bond acceptors (Lipinski definition) is 4. The van der Waals surface area contributed by atoms with Crippen LogP contribution in [0.1, 0.15) is 85.6 Å². The van der Waals surface area contributed by atoms with Gasteiger partial charge in [0.15, 0.2) is 0 Å². The highest BCUT2D eigenvalue weighted by molar-refractivity contribution is 5.90. The summed E-state index contributed by atoms with van der Waals surface area (Å²) >= 11 is 0. The maximum atomic E-state index is 12.9. The number of rotatable bonds is 7. The second kappa shape index (κ2) is 10.8. The molecule has 0 spiro atoms. The first kappa shape index (κ1) is 23.4. The van der Waals surface area contributed by atoms with Crippen LogP contribution in [0.3, 0.4) is 0 Å². The monoisotopic (exact) mass is 431 g/mol. The number of nitrogens with one attached hydrogen (secondary N) is 2. The average molecular weight is 432 g/mol. The van der Waals surface area contributed by atoms with Gasteiger partial charge in [-0.25, -0.2) is 4.79 Å². The molecule has 1 aliphatic carbocycles. The van der Waals surface area contributed by atoms with Crippen molar-refractivity contribution in [2.75, 3.05) is 19.7 Å². The number of aromatic amines is 1. The molecule has 172 valence electrons. The molecule has 2 amide bonds. The predicted molar refractivity (Wildman–Crippen MR) is 119 cm³/mol. The van der Waals surface area contributed by atoms with Gasteiger partial charge in [0.05, 0.1) is 12.5 Å². The quantitative estimate of drug-likeness (QED) is 0.647. The third kappa shape index (κ3) is 5.89. The molecule has 2 heterocycles. The summed E-state index contributed by atoms with van der Waals surface area (Å²) < 4.78 is 5.10. The molecule has 2 fully saturated rings. The van der Waals surface area contributed by atoms with E-state index in [1.54, 1.807) is 6.92 Å². The number of piperidine rings is 1. The maximum absolute atomic E-state index is 12.9. The van der Waals surface area contributed by atoms with Crippen LogP contribution in [0.15, 0.2) is 0 Å². The molecule has 1 saturated carbocycles. The standard InChI is InChI=1S/C24H37N3O4/c1-4-31-24(30)22-16(2)20(17(3)25-22)12-13-21(28)27-14-8-9-18(15-27)23(29)26-19-10-6-5-7-11-19/h18-19,25H,4-15H2,1-3H3,(H,26,29)/t18-/m0/s1. The van der Waals surface area contributed by atoms with E-state index in [2.05, 4.69) is 10.3 Å². The molecule has 0 bridgehead atoms.